The number of aromatic nitrogens is 3. The number of hydrogen-bond donors (Lipinski definition) is 1. The van der Waals surface area contributed by atoms with Gasteiger partial charge in [0, 0.05) is 11.3 Å². The molecule has 3 aromatic rings. The monoisotopic (exact) mass is 425 g/mol. The number of fused-ring (bicyclic) bond motifs is 3. The Morgan fingerprint density at radius 1 is 1.23 bits per heavy atom. The zero-order chi connectivity index (χ0) is 21.1. The largest absolute Gasteiger partial charge is 0.546 e. The van der Waals surface area contributed by atoms with Gasteiger partial charge in [-0.05, 0) is 24.5 Å². The second-order valence-corrected chi connectivity index (χ2v) is 6.95. The van der Waals surface area contributed by atoms with Gasteiger partial charge in [0.25, 0.3) is 0 Å². The molecule has 0 radical (unpaired) electrons. The quantitative estimate of drug-likeness (QED) is 0.587. The van der Waals surface area contributed by atoms with Crippen molar-refractivity contribution >= 4 is 23.4 Å². The van der Waals surface area contributed by atoms with Crippen LogP contribution in [0.25, 0.3) is 11.3 Å². The highest BCUT2D eigenvalue weighted by Crippen LogP contribution is 2.43. The molecular weight excluding hydrogens is 408 g/mol. The Hall–Kier alpha value is -3.53. The summed E-state index contributed by atoms with van der Waals surface area (Å²) >= 11 is 1.35. The lowest BCUT2D eigenvalue weighted by Gasteiger charge is -2.23. The van der Waals surface area contributed by atoms with Gasteiger partial charge in [0.2, 0.25) is 17.3 Å². The molecule has 10 heteroatoms. The number of hydrogen-bond acceptors (Lipinski definition) is 10. The molecule has 1 N–H and O–H groups in total. The molecule has 154 valence electrons. The molecular formula is C20H17N4O5S-. The first-order chi connectivity index (χ1) is 14.6. The number of aliphatic carboxylic acids is 1. The number of ether oxygens (including phenoxy) is 3. The summed E-state index contributed by atoms with van der Waals surface area (Å²) in [4.78, 5) is 15.4. The lowest BCUT2D eigenvalue weighted by molar-refractivity contribution is -0.307. The molecule has 1 aliphatic heterocycles. The van der Waals surface area contributed by atoms with E-state index >= 15 is 0 Å². The molecule has 0 aliphatic carbocycles. The summed E-state index contributed by atoms with van der Waals surface area (Å²) in [7, 11) is 1.47. The highest BCUT2D eigenvalue weighted by atomic mass is 32.2. The van der Waals surface area contributed by atoms with Crippen LogP contribution in [-0.2, 0) is 4.79 Å². The summed E-state index contributed by atoms with van der Waals surface area (Å²) < 4.78 is 17.0. The van der Waals surface area contributed by atoms with Gasteiger partial charge in [0.05, 0.1) is 18.6 Å². The Labute approximate surface area is 176 Å². The Morgan fingerprint density at radius 2 is 2.07 bits per heavy atom. The normalized spacial score (nSPS) is 14.4. The lowest BCUT2D eigenvalue weighted by atomic mass is 10.1. The number of nitrogens with one attached hydrogen (secondary N) is 1. The van der Waals surface area contributed by atoms with Crippen molar-refractivity contribution in [1.82, 2.24) is 15.2 Å². The minimum Gasteiger partial charge on any atom is -0.546 e. The van der Waals surface area contributed by atoms with Gasteiger partial charge < -0.3 is 29.4 Å². The molecule has 2 aromatic carbocycles. The second kappa shape index (κ2) is 8.46. The first kappa shape index (κ1) is 19.8. The Kier molecular flexibility index (Phi) is 5.57. The van der Waals surface area contributed by atoms with Crippen molar-refractivity contribution in [1.29, 1.82) is 0 Å². The van der Waals surface area contributed by atoms with Crippen LogP contribution >= 0.6 is 11.8 Å². The van der Waals surface area contributed by atoms with E-state index in [1.54, 1.807) is 18.2 Å². The summed E-state index contributed by atoms with van der Waals surface area (Å²) in [6, 6.07) is 12.7. The number of methoxy groups -OCH3 is 1. The van der Waals surface area contributed by atoms with Crippen LogP contribution in [0.3, 0.4) is 0 Å². The molecule has 0 fully saturated rings. The third-order valence-electron chi connectivity index (χ3n) is 4.36. The fraction of sp³-hybridized carbons (Fsp3) is 0.200. The maximum atomic E-state index is 11.0. The van der Waals surface area contributed by atoms with Crippen LogP contribution in [0.15, 0.2) is 47.6 Å². The molecule has 0 saturated heterocycles. The van der Waals surface area contributed by atoms with Crippen LogP contribution in [0.5, 0.6) is 17.4 Å². The van der Waals surface area contributed by atoms with E-state index in [4.69, 9.17) is 14.2 Å². The van der Waals surface area contributed by atoms with Gasteiger partial charge in [-0.3, -0.25) is 0 Å². The number of benzene rings is 2. The van der Waals surface area contributed by atoms with E-state index < -0.39 is 18.8 Å². The van der Waals surface area contributed by atoms with Gasteiger partial charge in [-0.25, -0.2) is 0 Å². The Morgan fingerprint density at radius 3 is 2.83 bits per heavy atom. The van der Waals surface area contributed by atoms with Crippen molar-refractivity contribution in [2.45, 2.75) is 11.4 Å². The fourth-order valence-electron chi connectivity index (χ4n) is 3.06. The van der Waals surface area contributed by atoms with Crippen molar-refractivity contribution in [3.05, 3.63) is 48.0 Å². The Balaban J connectivity index is 1.83. The van der Waals surface area contributed by atoms with Crippen molar-refractivity contribution in [2.75, 3.05) is 25.3 Å². The standard InChI is InChI=1S/C20H18N4O5S/c1-27-14-9-5-7-12(17(14)28-10-15(25)26)18-21-13-8-4-3-6-11(13)16-19(29-18)22-20(30-2)24-23-16/h3-9,18,21H,10H2,1-2H3,(H,25,26)/p-1/t18-/m0/s1. The highest BCUT2D eigenvalue weighted by molar-refractivity contribution is 7.98. The first-order valence-corrected chi connectivity index (χ1v) is 10.1. The highest BCUT2D eigenvalue weighted by Gasteiger charge is 2.29. The van der Waals surface area contributed by atoms with E-state index in [0.717, 1.165) is 11.3 Å². The molecule has 2 heterocycles. The predicted molar refractivity (Wildman–Crippen MR) is 108 cm³/mol. The summed E-state index contributed by atoms with van der Waals surface area (Å²) in [6.45, 7) is -0.631. The third-order valence-corrected chi connectivity index (χ3v) is 4.90. The third kappa shape index (κ3) is 3.81. The van der Waals surface area contributed by atoms with Gasteiger partial charge in [0.15, 0.2) is 17.2 Å². The molecule has 0 spiro atoms. The van der Waals surface area contributed by atoms with Gasteiger partial charge in [0.1, 0.15) is 6.61 Å². The number of carbonyl (C=O) groups is 1. The second-order valence-electron chi connectivity index (χ2n) is 6.18. The van der Waals surface area contributed by atoms with E-state index in [9.17, 15) is 9.90 Å². The Bertz CT molecular complexity index is 1090. The zero-order valence-electron chi connectivity index (χ0n) is 16.1. The van der Waals surface area contributed by atoms with Crippen LogP contribution in [0.2, 0.25) is 0 Å². The topological polar surface area (TPSA) is 119 Å². The number of carboxylic acids is 1. The molecule has 0 amide bonds. The number of anilines is 1. The average molecular weight is 425 g/mol. The molecule has 4 rings (SSSR count). The number of carbonyl (C=O) groups excluding carboxylic acids is 1. The summed E-state index contributed by atoms with van der Waals surface area (Å²) in [5.41, 5.74) is 2.56. The number of rotatable bonds is 6. The number of nitrogens with zero attached hydrogens (tertiary/aromatic N) is 3. The average Bonchev–Trinajstić information content (AvgIpc) is 2.93. The molecule has 0 saturated carbocycles. The van der Waals surface area contributed by atoms with E-state index in [1.165, 1.54) is 18.9 Å². The van der Waals surface area contributed by atoms with Crippen molar-refractivity contribution in [2.24, 2.45) is 0 Å². The minimum atomic E-state index is -1.35. The van der Waals surface area contributed by atoms with Crippen LogP contribution in [0.4, 0.5) is 5.69 Å². The molecule has 1 aromatic heterocycles. The SMILES string of the molecule is COc1cccc([C@H]2Nc3ccccc3-c3nnc(SC)nc3O2)c1OCC(=O)[O-]. The molecule has 9 nitrogen and oxygen atoms in total. The zero-order valence-corrected chi connectivity index (χ0v) is 16.9. The van der Waals surface area contributed by atoms with Crippen LogP contribution in [0, 0.1) is 0 Å². The molecule has 1 aliphatic rings. The molecule has 0 unspecified atom stereocenters. The van der Waals surface area contributed by atoms with E-state index in [1.807, 2.05) is 30.5 Å². The van der Waals surface area contributed by atoms with Crippen LogP contribution in [-0.4, -0.2) is 41.1 Å². The molecule has 30 heavy (non-hydrogen) atoms. The molecule has 0 bridgehead atoms. The number of carboxylic acid groups (broad SMARTS) is 1. The van der Waals surface area contributed by atoms with E-state index in [0.29, 0.717) is 28.0 Å². The minimum absolute atomic E-state index is 0.231. The lowest BCUT2D eigenvalue weighted by Crippen LogP contribution is -2.29. The van der Waals surface area contributed by atoms with Gasteiger partial charge in [-0.1, -0.05) is 36.0 Å². The van der Waals surface area contributed by atoms with E-state index in [2.05, 4.69) is 20.5 Å². The van der Waals surface area contributed by atoms with Crippen LogP contribution in [0.1, 0.15) is 11.8 Å². The maximum Gasteiger partial charge on any atom is 0.247 e. The summed E-state index contributed by atoms with van der Waals surface area (Å²) in [6.07, 6.45) is 1.09. The molecule has 1 atom stereocenters. The van der Waals surface area contributed by atoms with Gasteiger partial charge >= 0.3 is 0 Å². The van der Waals surface area contributed by atoms with E-state index in [-0.39, 0.29) is 5.75 Å². The predicted octanol–water partition coefficient (Wildman–Crippen LogP) is 1.90. The van der Waals surface area contributed by atoms with Crippen molar-refractivity contribution in [3.8, 4) is 28.6 Å². The van der Waals surface area contributed by atoms with Crippen LogP contribution < -0.4 is 24.6 Å². The first-order valence-electron chi connectivity index (χ1n) is 8.91. The number of para-hydroxylation sites is 2. The maximum absolute atomic E-state index is 11.0. The number of thioether (sulfide) groups is 1. The summed E-state index contributed by atoms with van der Waals surface area (Å²) in [5, 5.41) is 23.1. The van der Waals surface area contributed by atoms with Gasteiger partial charge in [-0.15, -0.1) is 10.2 Å². The van der Waals surface area contributed by atoms with Crippen molar-refractivity contribution < 1.29 is 24.1 Å². The smallest absolute Gasteiger partial charge is 0.247 e. The van der Waals surface area contributed by atoms with Crippen molar-refractivity contribution in [3.63, 3.8) is 0 Å². The van der Waals surface area contributed by atoms with Gasteiger partial charge in [-0.2, -0.15) is 4.98 Å². The fourth-order valence-corrected chi connectivity index (χ4v) is 3.36. The summed E-state index contributed by atoms with van der Waals surface area (Å²) in [5.74, 6) is -0.457.